The molecule has 0 N–H and O–H groups in total. The Morgan fingerprint density at radius 3 is 0.602 bits per heavy atom. The molecule has 0 amide bonds. The van der Waals surface area contributed by atoms with Crippen molar-refractivity contribution in [2.24, 2.45) is 0 Å². The van der Waals surface area contributed by atoms with Crippen molar-refractivity contribution in [1.82, 2.24) is 0 Å². The zero-order chi connectivity index (χ0) is 62.7. The van der Waals surface area contributed by atoms with Crippen LogP contribution in [0.4, 0.5) is 0 Å². The monoisotopic (exact) mass is 1190 g/mol. The first kappa shape index (κ1) is 53.7. The van der Waals surface area contributed by atoms with E-state index in [-0.39, 0.29) is 32.5 Å². The SMILES string of the molecule is CC1(C)c2cc(-c3ccccc3)ccc2-c2ccc(-c3ccc4c(c3)c(=O)c3c4c4c(=O)c5cc(-c6ccc7c(c6)C(C)(C)c6cc(-c8ccccc8)ccc6-7)ccc5c4c4c(=O)c5cc(-c6ccc7c(c6)C(C)(C)c6cc(-c8ccccc8)ccc6-7)ccc5c34)cc21. The van der Waals surface area contributed by atoms with Gasteiger partial charge in [0, 0.05) is 64.7 Å². The van der Waals surface area contributed by atoms with E-state index in [9.17, 15) is 0 Å². The van der Waals surface area contributed by atoms with Gasteiger partial charge < -0.3 is 0 Å². The molecule has 19 rings (SSSR count). The second-order valence-corrected chi connectivity index (χ2v) is 28.1. The molecule has 93 heavy (non-hydrogen) atoms. The van der Waals surface area contributed by atoms with Crippen molar-refractivity contribution in [3.05, 3.63) is 319 Å². The molecule has 0 fully saturated rings. The Bertz CT molecular complexity index is 5540. The smallest absolute Gasteiger partial charge is 0.194 e. The van der Waals surface area contributed by atoms with E-state index < -0.39 is 0 Å². The fourth-order valence-electron chi connectivity index (χ4n) is 17.2. The maximum atomic E-state index is 15.9. The van der Waals surface area contributed by atoms with Gasteiger partial charge in [-0.05, 0) is 204 Å². The van der Waals surface area contributed by atoms with Gasteiger partial charge in [-0.25, -0.2) is 0 Å². The number of hydrogen-bond acceptors (Lipinski definition) is 3. The van der Waals surface area contributed by atoms with E-state index in [0.29, 0.717) is 64.6 Å². The third-order valence-corrected chi connectivity index (χ3v) is 22.1. The van der Waals surface area contributed by atoms with E-state index in [1.807, 2.05) is 36.4 Å². The van der Waals surface area contributed by atoms with Crippen LogP contribution >= 0.6 is 0 Å². The van der Waals surface area contributed by atoms with Gasteiger partial charge in [0.25, 0.3) is 0 Å². The molecular formula is C90H60O3. The summed E-state index contributed by atoms with van der Waals surface area (Å²) >= 11 is 0. The minimum absolute atomic E-state index is 0.175. The molecule has 0 atom stereocenters. The first-order valence-corrected chi connectivity index (χ1v) is 32.5. The van der Waals surface area contributed by atoms with Crippen LogP contribution in [0, 0.1) is 0 Å². The van der Waals surface area contributed by atoms with Gasteiger partial charge in [0.05, 0.1) is 0 Å². The Morgan fingerprint density at radius 2 is 0.376 bits per heavy atom. The molecule has 0 heterocycles. The zero-order valence-corrected chi connectivity index (χ0v) is 52.5. The van der Waals surface area contributed by atoms with Crippen molar-refractivity contribution >= 4 is 64.6 Å². The van der Waals surface area contributed by atoms with Crippen molar-refractivity contribution in [2.45, 2.75) is 57.8 Å². The Kier molecular flexibility index (Phi) is 10.8. The molecule has 0 unspecified atom stereocenters. The molecule has 0 radical (unpaired) electrons. The van der Waals surface area contributed by atoms with Crippen LogP contribution < -0.4 is 16.3 Å². The van der Waals surface area contributed by atoms with Crippen molar-refractivity contribution in [2.75, 3.05) is 0 Å². The molecule has 438 valence electrons. The van der Waals surface area contributed by atoms with E-state index in [1.54, 1.807) is 0 Å². The lowest BCUT2D eigenvalue weighted by molar-refractivity contribution is 0.660. The highest BCUT2D eigenvalue weighted by Gasteiger charge is 2.39. The van der Waals surface area contributed by atoms with Crippen molar-refractivity contribution in [3.63, 3.8) is 0 Å². The summed E-state index contributed by atoms with van der Waals surface area (Å²) < 4.78 is 0. The largest absolute Gasteiger partial charge is 0.289 e. The topological polar surface area (TPSA) is 51.2 Å². The molecule has 0 saturated carbocycles. The van der Waals surface area contributed by atoms with Crippen LogP contribution in [-0.4, -0.2) is 0 Å². The van der Waals surface area contributed by atoms with Gasteiger partial charge in [0.1, 0.15) is 0 Å². The van der Waals surface area contributed by atoms with Gasteiger partial charge in [0.15, 0.2) is 16.3 Å². The number of rotatable bonds is 6. The molecule has 3 aliphatic rings. The molecule has 0 aromatic heterocycles. The third-order valence-electron chi connectivity index (χ3n) is 22.1. The van der Waals surface area contributed by atoms with E-state index in [1.165, 1.54) is 100 Å². The molecule has 16 aromatic carbocycles. The Hall–Kier alpha value is -11.1. The second kappa shape index (κ2) is 18.8. The van der Waals surface area contributed by atoms with E-state index >= 15 is 14.4 Å². The van der Waals surface area contributed by atoms with Gasteiger partial charge in [-0.2, -0.15) is 0 Å². The molecule has 0 saturated heterocycles. The lowest BCUT2D eigenvalue weighted by Crippen LogP contribution is -2.15. The Morgan fingerprint density at radius 1 is 0.183 bits per heavy atom. The molecule has 0 aliphatic heterocycles. The van der Waals surface area contributed by atoms with Crippen LogP contribution in [0.1, 0.15) is 74.9 Å². The highest BCUT2D eigenvalue weighted by molar-refractivity contribution is 6.43. The Labute approximate surface area is 538 Å². The van der Waals surface area contributed by atoms with Crippen LogP contribution in [0.2, 0.25) is 0 Å². The van der Waals surface area contributed by atoms with E-state index in [4.69, 9.17) is 0 Å². The fraction of sp³-hybridized carbons (Fsp3) is 0.100. The summed E-state index contributed by atoms with van der Waals surface area (Å²) in [6.45, 7) is 13.8. The quantitative estimate of drug-likeness (QED) is 0.167. The van der Waals surface area contributed by atoms with Gasteiger partial charge in [0.2, 0.25) is 0 Å². The fourth-order valence-corrected chi connectivity index (χ4v) is 17.2. The average molecular weight is 1190 g/mol. The highest BCUT2D eigenvalue weighted by atomic mass is 16.1. The third kappa shape index (κ3) is 7.34. The normalized spacial score (nSPS) is 14.5. The molecule has 0 spiro atoms. The van der Waals surface area contributed by atoms with E-state index in [0.717, 1.165) is 33.4 Å². The number of benzene rings is 13. The van der Waals surface area contributed by atoms with Gasteiger partial charge >= 0.3 is 0 Å². The summed E-state index contributed by atoms with van der Waals surface area (Å²) in [7, 11) is 0. The van der Waals surface area contributed by atoms with Crippen LogP contribution in [-0.2, 0) is 16.2 Å². The van der Waals surface area contributed by atoms with Crippen molar-refractivity contribution in [3.8, 4) is 100 Å². The standard InChI is InChI=1S/C90H60O3/c1-88(2)73-43-55(49-16-10-7-11-17-49)22-31-61(73)64-34-25-58(46-76(64)88)52-28-37-67-70(40-52)85(91)82-79(67)83-81(69-39-30-54(42-72(69)86(83)92)60-27-36-66-63-33-24-57(51-20-14-9-15-21-51)45-75(63)90(5,6)78(66)48-60)84-80(82)68-38-29-53(41-71(68)87(84)93)59-26-35-65-62-32-23-56(50-18-12-8-13-19-50)44-74(62)89(3,4)77(65)47-59/h7-48H,1-6H3. The van der Waals surface area contributed by atoms with Gasteiger partial charge in [-0.15, -0.1) is 0 Å². The predicted molar refractivity (Wildman–Crippen MR) is 389 cm³/mol. The lowest BCUT2D eigenvalue weighted by atomic mass is 9.81. The summed E-state index contributed by atoms with van der Waals surface area (Å²) in [5, 5.41) is 6.88. The van der Waals surface area contributed by atoms with Gasteiger partial charge in [-0.3, -0.25) is 14.4 Å². The number of hydrogen-bond donors (Lipinski definition) is 0. The van der Waals surface area contributed by atoms with Crippen LogP contribution in [0.25, 0.3) is 165 Å². The van der Waals surface area contributed by atoms with Crippen molar-refractivity contribution in [1.29, 1.82) is 0 Å². The maximum absolute atomic E-state index is 15.9. The summed E-state index contributed by atoms with van der Waals surface area (Å²) in [5.41, 5.74) is 26.5. The van der Waals surface area contributed by atoms with Crippen LogP contribution in [0.15, 0.2) is 269 Å². The minimum atomic E-state index is -0.281. The molecule has 3 nitrogen and oxygen atoms in total. The summed E-state index contributed by atoms with van der Waals surface area (Å²) in [5.74, 6) is 0. The van der Waals surface area contributed by atoms with E-state index in [2.05, 4.69) is 260 Å². The molecule has 16 aromatic rings. The average Bonchev–Trinajstić information content (AvgIpc) is 1.52. The molecule has 3 aliphatic carbocycles. The summed E-state index contributed by atoms with van der Waals surface area (Å²) in [4.78, 5) is 47.7. The predicted octanol–water partition coefficient (Wildman–Crippen LogP) is 21.9. The van der Waals surface area contributed by atoms with Crippen molar-refractivity contribution < 1.29 is 0 Å². The molecule has 0 bridgehead atoms. The zero-order valence-electron chi connectivity index (χ0n) is 52.5. The second-order valence-electron chi connectivity index (χ2n) is 28.1. The summed E-state index contributed by atoms with van der Waals surface area (Å²) in [6, 6.07) is 90.8. The molecular weight excluding hydrogens is 1130 g/mol. The van der Waals surface area contributed by atoms with Crippen LogP contribution in [0.5, 0.6) is 0 Å². The van der Waals surface area contributed by atoms with Gasteiger partial charge in [-0.1, -0.05) is 242 Å². The molecule has 3 heteroatoms. The highest BCUT2D eigenvalue weighted by Crippen LogP contribution is 2.55. The Balaban J connectivity index is 0.784. The summed E-state index contributed by atoms with van der Waals surface area (Å²) in [6.07, 6.45) is 0. The maximum Gasteiger partial charge on any atom is 0.194 e. The first-order chi connectivity index (χ1) is 45.1. The lowest BCUT2D eigenvalue weighted by Gasteiger charge is -2.22. The number of fused-ring (bicyclic) bond motifs is 21. The first-order valence-electron chi connectivity index (χ1n) is 32.5. The van der Waals surface area contributed by atoms with Crippen LogP contribution in [0.3, 0.4) is 0 Å². The minimum Gasteiger partial charge on any atom is -0.289 e.